The first-order valence-electron chi connectivity index (χ1n) is 6.84. The molecule has 0 unspecified atom stereocenters. The van der Waals surface area contributed by atoms with E-state index in [-0.39, 0.29) is 5.11 Å². The van der Waals surface area contributed by atoms with Crippen molar-refractivity contribution in [1.29, 1.82) is 0 Å². The number of anilines is 1. The minimum atomic E-state index is -0.438. The summed E-state index contributed by atoms with van der Waals surface area (Å²) in [6.45, 7) is 1.75. The summed E-state index contributed by atoms with van der Waals surface area (Å²) >= 11 is 5.08. The Morgan fingerprint density at radius 2 is 1.75 bits per heavy atom. The second kappa shape index (κ2) is 7.64. The average molecular weight is 351 g/mol. The molecule has 1 heterocycles. The zero-order chi connectivity index (χ0) is 17.7. The van der Waals surface area contributed by atoms with Crippen molar-refractivity contribution in [2.75, 3.05) is 26.6 Å². The molecule has 0 aliphatic carbocycles. The average Bonchev–Trinajstić information content (AvgIpc) is 2.97. The second-order valence-electron chi connectivity index (χ2n) is 4.65. The normalized spacial score (nSPS) is 10.0. The van der Waals surface area contributed by atoms with Gasteiger partial charge in [0.1, 0.15) is 5.76 Å². The monoisotopic (exact) mass is 351 g/mol. The number of aryl methyl sites for hydroxylation is 1. The zero-order valence-corrected chi connectivity index (χ0v) is 14.4. The summed E-state index contributed by atoms with van der Waals surface area (Å²) < 4.78 is 20.6. The van der Waals surface area contributed by atoms with E-state index in [9.17, 15) is 4.79 Å². The lowest BCUT2D eigenvalue weighted by atomic mass is 10.1. The van der Waals surface area contributed by atoms with Crippen molar-refractivity contribution in [2.45, 2.75) is 6.92 Å². The summed E-state index contributed by atoms with van der Waals surface area (Å²) in [6.07, 6.45) is 0. The number of nitrogens with one attached hydrogen (secondary N) is 2. The maximum atomic E-state index is 12.4. The van der Waals surface area contributed by atoms with Gasteiger partial charge in [-0.2, -0.15) is 0 Å². The van der Waals surface area contributed by atoms with Crippen LogP contribution >= 0.6 is 12.2 Å². The van der Waals surface area contributed by atoms with Crippen LogP contribution in [-0.4, -0.2) is 37.5 Å². The first-order chi connectivity index (χ1) is 11.5. The third kappa shape index (κ3) is 3.93. The van der Waals surface area contributed by atoms with Crippen LogP contribution in [0, 0.1) is 6.92 Å². The number of hydrogen-bond acceptors (Lipinski definition) is 7. The fraction of sp³-hybridized carbons (Fsp3) is 0.267. The van der Waals surface area contributed by atoms with Gasteiger partial charge in [0.15, 0.2) is 22.4 Å². The van der Waals surface area contributed by atoms with Gasteiger partial charge in [-0.1, -0.05) is 5.16 Å². The molecule has 0 spiro atoms. The number of carbonyl (C=O) groups is 1. The second-order valence-corrected chi connectivity index (χ2v) is 5.05. The molecule has 0 bridgehead atoms. The topological polar surface area (TPSA) is 94.9 Å². The van der Waals surface area contributed by atoms with Gasteiger partial charge in [-0.05, 0) is 31.3 Å². The molecule has 2 aromatic rings. The molecular formula is C15H17N3O5S. The molecule has 1 aromatic heterocycles. The number of rotatable bonds is 5. The molecule has 9 heteroatoms. The van der Waals surface area contributed by atoms with Crippen molar-refractivity contribution < 1.29 is 23.5 Å². The van der Waals surface area contributed by atoms with E-state index in [1.165, 1.54) is 33.5 Å². The van der Waals surface area contributed by atoms with E-state index in [1.807, 2.05) is 0 Å². The number of nitrogens with zero attached hydrogens (tertiary/aromatic N) is 1. The lowest BCUT2D eigenvalue weighted by molar-refractivity contribution is 0.0977. The molecule has 1 amide bonds. The molecule has 0 aliphatic rings. The van der Waals surface area contributed by atoms with Gasteiger partial charge >= 0.3 is 0 Å². The summed E-state index contributed by atoms with van der Waals surface area (Å²) in [6, 6.07) is 4.71. The minimum absolute atomic E-state index is 0.0852. The Hall–Kier alpha value is -2.81. The number of benzene rings is 1. The van der Waals surface area contributed by atoms with Crippen molar-refractivity contribution in [3.63, 3.8) is 0 Å². The van der Waals surface area contributed by atoms with Gasteiger partial charge in [-0.3, -0.25) is 10.1 Å². The molecule has 24 heavy (non-hydrogen) atoms. The largest absolute Gasteiger partial charge is 0.493 e. The Balaban J connectivity index is 2.15. The van der Waals surface area contributed by atoms with Gasteiger partial charge in [-0.25, -0.2) is 0 Å². The highest BCUT2D eigenvalue weighted by Crippen LogP contribution is 2.38. The van der Waals surface area contributed by atoms with Gasteiger partial charge in [-0.15, -0.1) is 0 Å². The highest BCUT2D eigenvalue weighted by Gasteiger charge is 2.17. The number of thiocarbonyl (C=S) groups is 1. The fourth-order valence-electron chi connectivity index (χ4n) is 1.96. The first kappa shape index (κ1) is 17.5. The Bertz CT molecular complexity index is 734. The molecule has 0 saturated carbocycles. The number of aromatic nitrogens is 1. The van der Waals surface area contributed by atoms with Gasteiger partial charge in [0, 0.05) is 11.6 Å². The number of hydrogen-bond donors (Lipinski definition) is 2. The summed E-state index contributed by atoms with van der Waals surface area (Å²) in [5.74, 6) is 1.72. The van der Waals surface area contributed by atoms with E-state index in [2.05, 4.69) is 15.8 Å². The Morgan fingerprint density at radius 3 is 2.21 bits per heavy atom. The molecule has 1 aromatic carbocycles. The van der Waals surface area contributed by atoms with Crippen molar-refractivity contribution in [3.8, 4) is 17.2 Å². The van der Waals surface area contributed by atoms with E-state index in [1.54, 1.807) is 13.0 Å². The molecule has 2 N–H and O–H groups in total. The molecular weight excluding hydrogens is 334 g/mol. The molecule has 128 valence electrons. The van der Waals surface area contributed by atoms with Gasteiger partial charge in [0.2, 0.25) is 5.75 Å². The lowest BCUT2D eigenvalue weighted by Crippen LogP contribution is -2.34. The van der Waals surface area contributed by atoms with Crippen LogP contribution in [0.4, 0.5) is 5.82 Å². The SMILES string of the molecule is COc1cc(C(=O)NC(=S)Nc2cc(C)on2)cc(OC)c1OC. The van der Waals surface area contributed by atoms with Crippen LogP contribution in [0.25, 0.3) is 0 Å². The highest BCUT2D eigenvalue weighted by atomic mass is 32.1. The Kier molecular flexibility index (Phi) is 5.59. The van der Waals surface area contributed by atoms with Crippen LogP contribution in [0.5, 0.6) is 17.2 Å². The van der Waals surface area contributed by atoms with Crippen LogP contribution in [0.15, 0.2) is 22.7 Å². The van der Waals surface area contributed by atoms with Crippen LogP contribution < -0.4 is 24.8 Å². The quantitative estimate of drug-likeness (QED) is 0.791. The van der Waals surface area contributed by atoms with Crippen LogP contribution in [-0.2, 0) is 0 Å². The Morgan fingerprint density at radius 1 is 1.12 bits per heavy atom. The van der Waals surface area contributed by atoms with Gasteiger partial charge < -0.3 is 24.1 Å². The molecule has 0 radical (unpaired) electrons. The summed E-state index contributed by atoms with van der Waals surface area (Å²) in [4.78, 5) is 12.4. The standard InChI is InChI=1S/C15H17N3O5S/c1-8-5-12(18-23-8)16-15(24)17-14(19)9-6-10(20-2)13(22-4)11(7-9)21-3/h5-7H,1-4H3,(H2,16,17,18,19,24). The van der Waals surface area contributed by atoms with Gasteiger partial charge in [0.05, 0.1) is 21.3 Å². The maximum absolute atomic E-state index is 12.4. The van der Waals surface area contributed by atoms with Crippen LogP contribution in [0.1, 0.15) is 16.1 Å². The number of amides is 1. The number of methoxy groups -OCH3 is 3. The van der Waals surface area contributed by atoms with E-state index in [0.29, 0.717) is 34.4 Å². The molecule has 0 fully saturated rings. The number of ether oxygens (including phenoxy) is 3. The van der Waals surface area contributed by atoms with E-state index in [0.717, 1.165) is 0 Å². The molecule has 8 nitrogen and oxygen atoms in total. The fourth-order valence-corrected chi connectivity index (χ4v) is 2.16. The van der Waals surface area contributed by atoms with Crippen molar-refractivity contribution in [1.82, 2.24) is 10.5 Å². The highest BCUT2D eigenvalue weighted by molar-refractivity contribution is 7.80. The number of carbonyl (C=O) groups excluding carboxylic acids is 1. The van der Waals surface area contributed by atoms with Crippen LogP contribution in [0.2, 0.25) is 0 Å². The van der Waals surface area contributed by atoms with E-state index < -0.39 is 5.91 Å². The predicted molar refractivity (Wildman–Crippen MR) is 91.0 cm³/mol. The predicted octanol–water partition coefficient (Wildman–Crippen LogP) is 2.14. The van der Waals surface area contributed by atoms with Crippen molar-refractivity contribution in [2.24, 2.45) is 0 Å². The first-order valence-corrected chi connectivity index (χ1v) is 7.25. The third-order valence-corrected chi connectivity index (χ3v) is 3.23. The summed E-state index contributed by atoms with van der Waals surface area (Å²) in [5, 5.41) is 9.11. The van der Waals surface area contributed by atoms with Crippen molar-refractivity contribution >= 4 is 29.1 Å². The van der Waals surface area contributed by atoms with Crippen LogP contribution in [0.3, 0.4) is 0 Å². The summed E-state index contributed by atoms with van der Waals surface area (Å²) in [5.41, 5.74) is 0.296. The molecule has 0 aliphatic heterocycles. The maximum Gasteiger partial charge on any atom is 0.257 e. The lowest BCUT2D eigenvalue weighted by Gasteiger charge is -2.14. The van der Waals surface area contributed by atoms with Gasteiger partial charge in [0.25, 0.3) is 5.91 Å². The molecule has 0 atom stereocenters. The molecule has 2 rings (SSSR count). The third-order valence-electron chi connectivity index (χ3n) is 3.02. The minimum Gasteiger partial charge on any atom is -0.493 e. The zero-order valence-electron chi connectivity index (χ0n) is 13.6. The smallest absolute Gasteiger partial charge is 0.257 e. The van der Waals surface area contributed by atoms with Crippen molar-refractivity contribution in [3.05, 3.63) is 29.5 Å². The molecule has 0 saturated heterocycles. The Labute approximate surface area is 144 Å². The van der Waals surface area contributed by atoms with E-state index in [4.69, 9.17) is 31.0 Å². The summed E-state index contributed by atoms with van der Waals surface area (Å²) in [7, 11) is 4.43. The van der Waals surface area contributed by atoms with E-state index >= 15 is 0 Å².